The van der Waals surface area contributed by atoms with Crippen molar-refractivity contribution in [2.45, 2.75) is 0 Å². The molecule has 20 heavy (non-hydrogen) atoms. The van der Waals surface area contributed by atoms with Gasteiger partial charge in [-0.05, 0) is 24.3 Å². The Morgan fingerprint density at radius 3 is 2.80 bits per heavy atom. The van der Waals surface area contributed by atoms with Crippen molar-refractivity contribution in [1.82, 2.24) is 9.97 Å². The van der Waals surface area contributed by atoms with Gasteiger partial charge in [-0.2, -0.15) is 0 Å². The highest BCUT2D eigenvalue weighted by Gasteiger charge is 2.06. The molecule has 3 N–H and O–H groups in total. The zero-order valence-electron chi connectivity index (χ0n) is 10.6. The zero-order valence-corrected chi connectivity index (χ0v) is 11.4. The summed E-state index contributed by atoms with van der Waals surface area (Å²) in [5.41, 5.74) is 8.21. The van der Waals surface area contributed by atoms with Crippen molar-refractivity contribution >= 4 is 39.6 Å². The molecule has 0 aliphatic heterocycles. The summed E-state index contributed by atoms with van der Waals surface area (Å²) < 4.78 is 0. The molecule has 1 aromatic carbocycles. The summed E-state index contributed by atoms with van der Waals surface area (Å²) in [7, 11) is 0. The van der Waals surface area contributed by atoms with Crippen molar-refractivity contribution in [3.05, 3.63) is 60.4 Å². The quantitative estimate of drug-likeness (QED) is 0.722. The largest absolute Gasteiger partial charge is 0.389 e. The van der Waals surface area contributed by atoms with E-state index in [2.05, 4.69) is 15.3 Å². The fraction of sp³-hybridized carbons (Fsp3) is 0. The molecular formula is C15H12N4S. The van der Waals surface area contributed by atoms with Crippen LogP contribution in [-0.2, 0) is 0 Å². The number of hydrogen-bond acceptors (Lipinski definition) is 4. The van der Waals surface area contributed by atoms with Crippen LogP contribution in [0, 0.1) is 0 Å². The molecule has 0 aliphatic rings. The predicted octanol–water partition coefficient (Wildman–Crippen LogP) is 3.01. The van der Waals surface area contributed by atoms with E-state index < -0.39 is 0 Å². The number of nitrogens with zero attached hydrogens (tertiary/aromatic N) is 2. The van der Waals surface area contributed by atoms with Crippen LogP contribution in [0.2, 0.25) is 0 Å². The number of rotatable bonds is 3. The van der Waals surface area contributed by atoms with Crippen molar-refractivity contribution in [2.75, 3.05) is 5.32 Å². The van der Waals surface area contributed by atoms with Crippen LogP contribution < -0.4 is 11.1 Å². The Bertz CT molecular complexity index is 785. The Hall–Kier alpha value is -2.53. The third kappa shape index (κ3) is 2.44. The Kier molecular flexibility index (Phi) is 3.26. The van der Waals surface area contributed by atoms with Crippen molar-refractivity contribution in [3.63, 3.8) is 0 Å². The normalized spacial score (nSPS) is 10.4. The molecule has 0 unspecified atom stereocenters. The minimum atomic E-state index is 0.314. The van der Waals surface area contributed by atoms with E-state index in [4.69, 9.17) is 18.0 Å². The zero-order chi connectivity index (χ0) is 13.9. The first kappa shape index (κ1) is 12.5. The lowest BCUT2D eigenvalue weighted by Crippen LogP contribution is -2.12. The second-order valence-corrected chi connectivity index (χ2v) is 4.75. The maximum atomic E-state index is 5.69. The fourth-order valence-electron chi connectivity index (χ4n) is 1.98. The topological polar surface area (TPSA) is 63.8 Å². The van der Waals surface area contributed by atoms with E-state index >= 15 is 0 Å². The smallest absolute Gasteiger partial charge is 0.140 e. The minimum absolute atomic E-state index is 0.314. The highest BCUT2D eigenvalue weighted by molar-refractivity contribution is 7.80. The molecule has 0 aliphatic carbocycles. The van der Waals surface area contributed by atoms with Crippen LogP contribution >= 0.6 is 12.2 Å². The average Bonchev–Trinajstić information content (AvgIpc) is 2.47. The van der Waals surface area contributed by atoms with Gasteiger partial charge in [0.1, 0.15) is 10.8 Å². The molecular weight excluding hydrogens is 268 g/mol. The van der Waals surface area contributed by atoms with Crippen LogP contribution in [0.5, 0.6) is 0 Å². The molecule has 0 atom stereocenters. The molecule has 2 heterocycles. The van der Waals surface area contributed by atoms with Crippen LogP contribution in [0.3, 0.4) is 0 Å². The van der Waals surface area contributed by atoms with Gasteiger partial charge in [0.25, 0.3) is 0 Å². The summed E-state index contributed by atoms with van der Waals surface area (Å²) in [6.07, 6.45) is 3.46. The van der Waals surface area contributed by atoms with Gasteiger partial charge in [-0.3, -0.25) is 4.98 Å². The fourth-order valence-corrected chi connectivity index (χ4v) is 2.14. The Labute approximate surface area is 121 Å². The van der Waals surface area contributed by atoms with Crippen LogP contribution in [-0.4, -0.2) is 15.0 Å². The lowest BCUT2D eigenvalue weighted by molar-refractivity contribution is 1.29. The number of fused-ring (bicyclic) bond motifs is 1. The number of benzene rings is 1. The number of nitrogens with two attached hydrogens (primary N) is 1. The van der Waals surface area contributed by atoms with Gasteiger partial charge in [-0.1, -0.05) is 30.4 Å². The number of para-hydroxylation sites is 1. The summed E-state index contributed by atoms with van der Waals surface area (Å²) in [6, 6.07) is 13.6. The summed E-state index contributed by atoms with van der Waals surface area (Å²) in [6.45, 7) is 0. The van der Waals surface area contributed by atoms with Gasteiger partial charge in [0.2, 0.25) is 0 Å². The highest BCUT2D eigenvalue weighted by atomic mass is 32.1. The van der Waals surface area contributed by atoms with Gasteiger partial charge < -0.3 is 11.1 Å². The number of nitrogens with one attached hydrogen (secondary N) is 1. The number of thiocarbonyl (C=S) groups is 1. The van der Waals surface area contributed by atoms with E-state index in [1.165, 1.54) is 0 Å². The molecule has 4 nitrogen and oxygen atoms in total. The molecule has 5 heteroatoms. The molecule has 0 spiro atoms. The molecule has 0 radical (unpaired) electrons. The molecule has 0 fully saturated rings. The maximum absolute atomic E-state index is 5.69. The van der Waals surface area contributed by atoms with E-state index in [-0.39, 0.29) is 0 Å². The second-order valence-electron chi connectivity index (χ2n) is 4.31. The molecule has 0 saturated heterocycles. The van der Waals surface area contributed by atoms with Crippen LogP contribution in [0.4, 0.5) is 11.5 Å². The van der Waals surface area contributed by atoms with E-state index in [0.717, 1.165) is 22.2 Å². The van der Waals surface area contributed by atoms with Gasteiger partial charge in [-0.25, -0.2) is 4.98 Å². The van der Waals surface area contributed by atoms with Crippen LogP contribution in [0.15, 0.2) is 54.9 Å². The van der Waals surface area contributed by atoms with Gasteiger partial charge in [-0.15, -0.1) is 0 Å². The Balaban J connectivity index is 1.99. The third-order valence-corrected chi connectivity index (χ3v) is 3.15. The first-order chi connectivity index (χ1) is 9.74. The Morgan fingerprint density at radius 1 is 1.10 bits per heavy atom. The van der Waals surface area contributed by atoms with E-state index in [1.807, 2.05) is 36.4 Å². The van der Waals surface area contributed by atoms with Crippen LogP contribution in [0.25, 0.3) is 10.9 Å². The van der Waals surface area contributed by atoms with Crippen molar-refractivity contribution in [1.29, 1.82) is 0 Å². The molecule has 0 amide bonds. The summed E-state index contributed by atoms with van der Waals surface area (Å²) in [5, 5.41) is 4.27. The minimum Gasteiger partial charge on any atom is -0.389 e. The molecule has 0 bridgehead atoms. The SMILES string of the molecule is NC(=S)c1cccnc1Nc1cnc2ccccc2c1. The van der Waals surface area contributed by atoms with E-state index in [9.17, 15) is 0 Å². The third-order valence-electron chi connectivity index (χ3n) is 2.93. The average molecular weight is 280 g/mol. The van der Waals surface area contributed by atoms with Gasteiger partial charge >= 0.3 is 0 Å². The summed E-state index contributed by atoms with van der Waals surface area (Å²) >= 11 is 5.02. The van der Waals surface area contributed by atoms with Gasteiger partial charge in [0, 0.05) is 11.6 Å². The lowest BCUT2D eigenvalue weighted by atomic mass is 10.2. The molecule has 0 saturated carbocycles. The van der Waals surface area contributed by atoms with Crippen molar-refractivity contribution in [2.24, 2.45) is 5.73 Å². The number of hydrogen-bond donors (Lipinski definition) is 2. The molecule has 98 valence electrons. The first-order valence-corrected chi connectivity index (χ1v) is 6.51. The van der Waals surface area contributed by atoms with Gasteiger partial charge in [0.15, 0.2) is 0 Å². The van der Waals surface area contributed by atoms with Gasteiger partial charge in [0.05, 0.1) is 23.0 Å². The van der Waals surface area contributed by atoms with E-state index in [0.29, 0.717) is 10.8 Å². The molecule has 3 aromatic rings. The van der Waals surface area contributed by atoms with E-state index in [1.54, 1.807) is 18.5 Å². The van der Waals surface area contributed by atoms with Crippen molar-refractivity contribution < 1.29 is 0 Å². The predicted molar refractivity (Wildman–Crippen MR) is 85.2 cm³/mol. The molecule has 3 rings (SSSR count). The Morgan fingerprint density at radius 2 is 1.95 bits per heavy atom. The highest BCUT2D eigenvalue weighted by Crippen LogP contribution is 2.21. The summed E-state index contributed by atoms with van der Waals surface area (Å²) in [4.78, 5) is 8.98. The monoisotopic (exact) mass is 280 g/mol. The first-order valence-electron chi connectivity index (χ1n) is 6.11. The maximum Gasteiger partial charge on any atom is 0.140 e. The standard InChI is InChI=1S/C15H12N4S/c16-14(20)12-5-3-7-17-15(12)19-11-8-10-4-1-2-6-13(10)18-9-11/h1-9H,(H2,16,20)(H,17,19). The van der Waals surface area contributed by atoms with Crippen molar-refractivity contribution in [3.8, 4) is 0 Å². The number of anilines is 2. The number of aromatic nitrogens is 2. The second kappa shape index (κ2) is 5.22. The lowest BCUT2D eigenvalue weighted by Gasteiger charge is -2.10. The number of pyridine rings is 2. The summed E-state index contributed by atoms with van der Waals surface area (Å²) in [5.74, 6) is 0.636. The van der Waals surface area contributed by atoms with Crippen LogP contribution in [0.1, 0.15) is 5.56 Å². The molecule has 2 aromatic heterocycles.